The van der Waals surface area contributed by atoms with Crippen LogP contribution in [0.2, 0.25) is 0 Å². The summed E-state index contributed by atoms with van der Waals surface area (Å²) in [4.78, 5) is 0. The third-order valence-electron chi connectivity index (χ3n) is 4.49. The zero-order chi connectivity index (χ0) is 18.3. The van der Waals surface area contributed by atoms with Gasteiger partial charge in [0.2, 0.25) is 0 Å². The predicted molar refractivity (Wildman–Crippen MR) is 111 cm³/mol. The van der Waals surface area contributed by atoms with Gasteiger partial charge in [-0.25, -0.2) is 5.43 Å². The third kappa shape index (κ3) is 8.91. The highest BCUT2D eigenvalue weighted by Gasteiger charge is 1.97. The summed E-state index contributed by atoms with van der Waals surface area (Å²) in [5.74, 6) is 0.965. The van der Waals surface area contributed by atoms with Crippen LogP contribution in [0.3, 0.4) is 0 Å². The molecule has 26 heavy (non-hydrogen) atoms. The van der Waals surface area contributed by atoms with Crippen molar-refractivity contribution in [2.24, 2.45) is 0 Å². The molecule has 0 unspecified atom stereocenters. The molecule has 0 aromatic heterocycles. The molecule has 142 valence electrons. The summed E-state index contributed by atoms with van der Waals surface area (Å²) in [6.07, 6.45) is 10.6. The number of hydrogen-bond donors (Lipinski definition) is 2. The molecule has 0 atom stereocenters. The highest BCUT2D eigenvalue weighted by Crippen LogP contribution is 2.14. The Balaban J connectivity index is 1.52. The maximum Gasteiger partial charge on any atom is 0.119 e. The van der Waals surface area contributed by atoms with Gasteiger partial charge in [-0.15, -0.1) is 0 Å². The lowest BCUT2D eigenvalue weighted by Gasteiger charge is -2.10. The molecule has 3 heteroatoms. The van der Waals surface area contributed by atoms with Gasteiger partial charge >= 0.3 is 0 Å². The predicted octanol–water partition coefficient (Wildman–Crippen LogP) is 6.32. The van der Waals surface area contributed by atoms with Gasteiger partial charge in [0.25, 0.3) is 0 Å². The van der Waals surface area contributed by atoms with Gasteiger partial charge in [-0.1, -0.05) is 82.2 Å². The van der Waals surface area contributed by atoms with E-state index in [0.29, 0.717) is 0 Å². The van der Waals surface area contributed by atoms with Crippen LogP contribution in [-0.2, 0) is 6.54 Å². The average Bonchev–Trinajstić information content (AvgIpc) is 2.69. The first-order valence-electron chi connectivity index (χ1n) is 10.1. The van der Waals surface area contributed by atoms with E-state index in [1.165, 1.54) is 50.5 Å². The molecule has 0 saturated carbocycles. The van der Waals surface area contributed by atoms with E-state index >= 15 is 0 Å². The quantitative estimate of drug-likeness (QED) is 0.307. The number of hydrogen-bond acceptors (Lipinski definition) is 3. The minimum Gasteiger partial charge on any atom is -0.494 e. The van der Waals surface area contributed by atoms with Crippen molar-refractivity contribution in [3.05, 3.63) is 60.2 Å². The van der Waals surface area contributed by atoms with E-state index in [0.717, 1.165) is 31.0 Å². The largest absolute Gasteiger partial charge is 0.494 e. The van der Waals surface area contributed by atoms with Crippen molar-refractivity contribution in [2.75, 3.05) is 12.0 Å². The molecule has 2 rings (SSSR count). The lowest BCUT2D eigenvalue weighted by molar-refractivity contribution is 0.304. The molecule has 3 nitrogen and oxygen atoms in total. The van der Waals surface area contributed by atoms with Crippen molar-refractivity contribution < 1.29 is 4.74 Å². The van der Waals surface area contributed by atoms with Crippen molar-refractivity contribution >= 4 is 5.69 Å². The molecule has 0 aliphatic heterocycles. The van der Waals surface area contributed by atoms with Crippen LogP contribution in [0.15, 0.2) is 54.6 Å². The number of benzene rings is 2. The maximum absolute atomic E-state index is 5.84. The average molecular weight is 355 g/mol. The molecule has 0 aliphatic carbocycles. The first kappa shape index (κ1) is 20.3. The second-order valence-corrected chi connectivity index (χ2v) is 6.81. The van der Waals surface area contributed by atoms with Crippen LogP contribution < -0.4 is 15.6 Å². The summed E-state index contributed by atoms with van der Waals surface area (Å²) in [6, 6.07) is 18.5. The van der Waals surface area contributed by atoms with Crippen molar-refractivity contribution in [2.45, 2.75) is 64.8 Å². The fraction of sp³-hybridized carbons (Fsp3) is 0.478. The second-order valence-electron chi connectivity index (χ2n) is 6.81. The topological polar surface area (TPSA) is 33.3 Å². The van der Waals surface area contributed by atoms with Crippen molar-refractivity contribution in [1.82, 2.24) is 5.43 Å². The minimum absolute atomic E-state index is 0.771. The SMILES string of the molecule is CCCCCCCCCCOc1ccc(CNNc2ccccc2)cc1. The molecule has 0 bridgehead atoms. The van der Waals surface area contributed by atoms with Crippen LogP contribution in [0.4, 0.5) is 5.69 Å². The smallest absolute Gasteiger partial charge is 0.119 e. The monoisotopic (exact) mass is 354 g/mol. The lowest BCUT2D eigenvalue weighted by Crippen LogP contribution is -2.20. The van der Waals surface area contributed by atoms with E-state index in [1.807, 2.05) is 30.3 Å². The number of unbranched alkanes of at least 4 members (excludes halogenated alkanes) is 7. The van der Waals surface area contributed by atoms with Gasteiger partial charge < -0.3 is 10.2 Å². The standard InChI is InChI=1S/C23H34N2O/c1-2-3-4-5-6-7-8-12-19-26-23-17-15-21(16-18-23)20-24-25-22-13-10-9-11-14-22/h9-11,13-18,24-25H,2-8,12,19-20H2,1H3. The van der Waals surface area contributed by atoms with Crippen LogP contribution in [0, 0.1) is 0 Å². The Labute approximate surface area is 159 Å². The van der Waals surface area contributed by atoms with Crippen LogP contribution in [0.1, 0.15) is 63.9 Å². The van der Waals surface area contributed by atoms with Gasteiger partial charge in [-0.3, -0.25) is 0 Å². The molecule has 0 aliphatic rings. The maximum atomic E-state index is 5.84. The molecule has 0 spiro atoms. The molecular weight excluding hydrogens is 320 g/mol. The molecule has 0 radical (unpaired) electrons. The highest BCUT2D eigenvalue weighted by atomic mass is 16.5. The van der Waals surface area contributed by atoms with E-state index in [2.05, 4.69) is 42.0 Å². The van der Waals surface area contributed by atoms with Crippen LogP contribution in [0.5, 0.6) is 5.75 Å². The first-order valence-corrected chi connectivity index (χ1v) is 10.1. The van der Waals surface area contributed by atoms with Gasteiger partial charge in [0, 0.05) is 12.2 Å². The third-order valence-corrected chi connectivity index (χ3v) is 4.49. The Morgan fingerprint density at radius 1 is 0.731 bits per heavy atom. The summed E-state index contributed by atoms with van der Waals surface area (Å²) in [6.45, 7) is 3.86. The normalized spacial score (nSPS) is 10.7. The molecule has 0 amide bonds. The lowest BCUT2D eigenvalue weighted by atomic mass is 10.1. The van der Waals surface area contributed by atoms with Crippen LogP contribution >= 0.6 is 0 Å². The Morgan fingerprint density at radius 3 is 2.08 bits per heavy atom. The zero-order valence-corrected chi connectivity index (χ0v) is 16.2. The molecule has 0 heterocycles. The summed E-state index contributed by atoms with van der Waals surface area (Å²) >= 11 is 0. The Bertz CT molecular complexity index is 569. The van der Waals surface area contributed by atoms with E-state index < -0.39 is 0 Å². The zero-order valence-electron chi connectivity index (χ0n) is 16.2. The fourth-order valence-electron chi connectivity index (χ4n) is 2.90. The van der Waals surface area contributed by atoms with E-state index in [4.69, 9.17) is 4.74 Å². The van der Waals surface area contributed by atoms with E-state index in [-0.39, 0.29) is 0 Å². The van der Waals surface area contributed by atoms with Gasteiger partial charge in [-0.05, 0) is 36.2 Å². The molecule has 2 N–H and O–H groups in total. The molecule has 2 aromatic rings. The molecule has 0 saturated heterocycles. The minimum atomic E-state index is 0.771. The van der Waals surface area contributed by atoms with Crippen LogP contribution in [-0.4, -0.2) is 6.61 Å². The highest BCUT2D eigenvalue weighted by molar-refractivity contribution is 5.41. The number of nitrogens with one attached hydrogen (secondary N) is 2. The van der Waals surface area contributed by atoms with Gasteiger partial charge in [0.05, 0.1) is 6.61 Å². The Kier molecular flexibility index (Phi) is 10.3. The summed E-state index contributed by atoms with van der Waals surface area (Å²) in [7, 11) is 0. The second kappa shape index (κ2) is 13.2. The van der Waals surface area contributed by atoms with Crippen molar-refractivity contribution in [3.63, 3.8) is 0 Å². The van der Waals surface area contributed by atoms with Gasteiger partial charge in [-0.2, -0.15) is 0 Å². The molecule has 2 aromatic carbocycles. The summed E-state index contributed by atoms with van der Waals surface area (Å²) in [5, 5.41) is 0. The fourth-order valence-corrected chi connectivity index (χ4v) is 2.90. The Morgan fingerprint density at radius 2 is 1.38 bits per heavy atom. The molecular formula is C23H34N2O. The Hall–Kier alpha value is -2.00. The summed E-state index contributed by atoms with van der Waals surface area (Å²) in [5.41, 5.74) is 8.72. The number of anilines is 1. The van der Waals surface area contributed by atoms with Gasteiger partial charge in [0.1, 0.15) is 5.75 Å². The van der Waals surface area contributed by atoms with Crippen LogP contribution in [0.25, 0.3) is 0 Å². The molecule has 0 fully saturated rings. The van der Waals surface area contributed by atoms with E-state index in [1.54, 1.807) is 0 Å². The van der Waals surface area contributed by atoms with Crippen molar-refractivity contribution in [3.8, 4) is 5.75 Å². The van der Waals surface area contributed by atoms with E-state index in [9.17, 15) is 0 Å². The number of ether oxygens (including phenoxy) is 1. The number of rotatable bonds is 14. The van der Waals surface area contributed by atoms with Crippen molar-refractivity contribution in [1.29, 1.82) is 0 Å². The first-order chi connectivity index (χ1) is 12.9. The summed E-state index contributed by atoms with van der Waals surface area (Å²) < 4.78 is 5.84. The number of hydrazine groups is 1. The number of para-hydroxylation sites is 1. The van der Waals surface area contributed by atoms with Gasteiger partial charge in [0.15, 0.2) is 0 Å².